The summed E-state index contributed by atoms with van der Waals surface area (Å²) in [7, 11) is 0. The van der Waals surface area contributed by atoms with Crippen LogP contribution >= 0.6 is 38.9 Å². The van der Waals surface area contributed by atoms with Crippen LogP contribution in [-0.4, -0.2) is 0 Å². The fourth-order valence-electron chi connectivity index (χ4n) is 1.46. The molecule has 68 valence electrons. The van der Waals surface area contributed by atoms with E-state index < -0.39 is 0 Å². The monoisotopic (exact) mass is 274 g/mol. The number of alkyl halides is 1. The maximum absolute atomic E-state index is 5.91. The lowest BCUT2D eigenvalue weighted by atomic mass is 10.1. The highest BCUT2D eigenvalue weighted by Crippen LogP contribution is 2.34. The molecule has 0 spiro atoms. The third-order valence-electron chi connectivity index (χ3n) is 2.16. The van der Waals surface area contributed by atoms with Crippen LogP contribution in [0.25, 0.3) is 10.1 Å². The van der Waals surface area contributed by atoms with Crippen LogP contribution in [0, 0.1) is 6.92 Å². The maximum Gasteiger partial charge on any atom is 0.0488 e. The van der Waals surface area contributed by atoms with Crippen molar-refractivity contribution in [1.29, 1.82) is 0 Å². The van der Waals surface area contributed by atoms with Crippen molar-refractivity contribution in [1.82, 2.24) is 0 Å². The minimum Gasteiger partial charge on any atom is -0.143 e. The van der Waals surface area contributed by atoms with E-state index >= 15 is 0 Å². The van der Waals surface area contributed by atoms with Crippen molar-refractivity contribution in [3.63, 3.8) is 0 Å². The van der Waals surface area contributed by atoms with Crippen LogP contribution in [-0.2, 0) is 5.88 Å². The van der Waals surface area contributed by atoms with Crippen LogP contribution in [0.5, 0.6) is 0 Å². The molecular weight excluding hydrogens is 268 g/mol. The lowest BCUT2D eigenvalue weighted by Crippen LogP contribution is -1.85. The number of rotatable bonds is 1. The average molecular weight is 276 g/mol. The fraction of sp³-hybridized carbons (Fsp3) is 0.200. The Bertz CT molecular complexity index is 447. The van der Waals surface area contributed by atoms with Gasteiger partial charge >= 0.3 is 0 Å². The number of aryl methyl sites for hydroxylation is 1. The molecule has 0 unspecified atom stereocenters. The van der Waals surface area contributed by atoms with E-state index in [1.54, 1.807) is 11.3 Å². The zero-order chi connectivity index (χ0) is 9.42. The molecule has 1 aromatic carbocycles. The first-order valence-corrected chi connectivity index (χ1v) is 6.16. The van der Waals surface area contributed by atoms with E-state index in [0.717, 1.165) is 0 Å². The van der Waals surface area contributed by atoms with E-state index in [4.69, 9.17) is 11.6 Å². The molecule has 0 aliphatic carbocycles. The summed E-state index contributed by atoms with van der Waals surface area (Å²) in [5.74, 6) is 0.590. The number of fused-ring (bicyclic) bond motifs is 1. The SMILES string of the molecule is Cc1cc(Br)c2sccc2c1CCl. The highest BCUT2D eigenvalue weighted by Gasteiger charge is 2.07. The standard InChI is InChI=1S/C10H8BrClS/c1-6-4-9(11)10-7(2-3-13-10)8(6)5-12/h2-4H,5H2,1H3. The van der Waals surface area contributed by atoms with Crippen molar-refractivity contribution < 1.29 is 0 Å². The van der Waals surface area contributed by atoms with Gasteiger partial charge in [0, 0.05) is 15.1 Å². The van der Waals surface area contributed by atoms with Crippen molar-refractivity contribution >= 4 is 49.0 Å². The minimum atomic E-state index is 0.590. The molecule has 0 radical (unpaired) electrons. The van der Waals surface area contributed by atoms with E-state index in [0.29, 0.717) is 5.88 Å². The molecule has 2 rings (SSSR count). The Balaban J connectivity index is 2.88. The second-order valence-corrected chi connectivity index (χ2v) is 4.99. The summed E-state index contributed by atoms with van der Waals surface area (Å²) >= 11 is 11.2. The first-order valence-electron chi connectivity index (χ1n) is 3.95. The van der Waals surface area contributed by atoms with Gasteiger partial charge in [0.15, 0.2) is 0 Å². The predicted octanol–water partition coefficient (Wildman–Crippen LogP) is 4.71. The van der Waals surface area contributed by atoms with E-state index in [-0.39, 0.29) is 0 Å². The molecule has 0 nitrogen and oxygen atoms in total. The highest BCUT2D eigenvalue weighted by atomic mass is 79.9. The molecule has 0 saturated heterocycles. The van der Waals surface area contributed by atoms with Crippen molar-refractivity contribution in [2.24, 2.45) is 0 Å². The summed E-state index contributed by atoms with van der Waals surface area (Å²) in [6.45, 7) is 2.10. The number of hydrogen-bond donors (Lipinski definition) is 0. The third kappa shape index (κ3) is 1.51. The van der Waals surface area contributed by atoms with Gasteiger partial charge in [0.25, 0.3) is 0 Å². The molecule has 0 N–H and O–H groups in total. The Kier molecular flexibility index (Phi) is 2.63. The van der Waals surface area contributed by atoms with Gasteiger partial charge in [0.2, 0.25) is 0 Å². The second kappa shape index (κ2) is 3.60. The second-order valence-electron chi connectivity index (χ2n) is 2.95. The lowest BCUT2D eigenvalue weighted by molar-refractivity contribution is 1.34. The summed E-state index contributed by atoms with van der Waals surface area (Å²) < 4.78 is 2.46. The number of halogens is 2. The van der Waals surface area contributed by atoms with E-state index in [1.165, 1.54) is 25.7 Å². The zero-order valence-corrected chi connectivity index (χ0v) is 10.3. The summed E-state index contributed by atoms with van der Waals surface area (Å²) in [4.78, 5) is 0. The Labute approximate surface area is 94.7 Å². The van der Waals surface area contributed by atoms with Crippen LogP contribution in [0.2, 0.25) is 0 Å². The molecule has 2 aromatic rings. The zero-order valence-electron chi connectivity index (χ0n) is 7.10. The van der Waals surface area contributed by atoms with Gasteiger partial charge in [-0.05, 0) is 56.9 Å². The molecule has 0 bridgehead atoms. The average Bonchev–Trinajstić information content (AvgIpc) is 2.53. The first kappa shape index (κ1) is 9.50. The lowest BCUT2D eigenvalue weighted by Gasteiger charge is -2.05. The van der Waals surface area contributed by atoms with Gasteiger partial charge < -0.3 is 0 Å². The molecule has 1 heterocycles. The number of thiophene rings is 1. The first-order chi connectivity index (χ1) is 6.24. The smallest absolute Gasteiger partial charge is 0.0488 e. The van der Waals surface area contributed by atoms with E-state index in [1.807, 2.05) is 0 Å². The van der Waals surface area contributed by atoms with Crippen LogP contribution < -0.4 is 0 Å². The van der Waals surface area contributed by atoms with Crippen molar-refractivity contribution in [2.75, 3.05) is 0 Å². The van der Waals surface area contributed by atoms with Crippen LogP contribution in [0.3, 0.4) is 0 Å². The van der Waals surface area contributed by atoms with Gasteiger partial charge in [-0.15, -0.1) is 22.9 Å². The van der Waals surface area contributed by atoms with E-state index in [9.17, 15) is 0 Å². The third-order valence-corrected chi connectivity index (χ3v) is 4.26. The van der Waals surface area contributed by atoms with Crippen LogP contribution in [0.1, 0.15) is 11.1 Å². The van der Waals surface area contributed by atoms with Gasteiger partial charge in [-0.3, -0.25) is 0 Å². The van der Waals surface area contributed by atoms with Gasteiger partial charge in [0.05, 0.1) is 0 Å². The molecule has 0 fully saturated rings. The molecule has 0 amide bonds. The summed E-state index contributed by atoms with van der Waals surface area (Å²) in [6.07, 6.45) is 0. The normalized spacial score (nSPS) is 11.0. The van der Waals surface area contributed by atoms with Gasteiger partial charge in [-0.2, -0.15) is 0 Å². The molecule has 0 saturated carbocycles. The maximum atomic E-state index is 5.91. The number of hydrogen-bond acceptors (Lipinski definition) is 1. The molecule has 0 aliphatic heterocycles. The van der Waals surface area contributed by atoms with E-state index in [2.05, 4.69) is 40.4 Å². The van der Waals surface area contributed by atoms with Crippen LogP contribution in [0.15, 0.2) is 22.0 Å². The summed E-state index contributed by atoms with van der Waals surface area (Å²) in [6, 6.07) is 4.27. The van der Waals surface area contributed by atoms with Crippen molar-refractivity contribution in [3.8, 4) is 0 Å². The van der Waals surface area contributed by atoms with Crippen molar-refractivity contribution in [3.05, 3.63) is 33.1 Å². The molecule has 1 aromatic heterocycles. The topological polar surface area (TPSA) is 0 Å². The van der Waals surface area contributed by atoms with Gasteiger partial charge in [-0.25, -0.2) is 0 Å². The van der Waals surface area contributed by atoms with Gasteiger partial charge in [0.1, 0.15) is 0 Å². The molecule has 0 atom stereocenters. The fourth-order valence-corrected chi connectivity index (χ4v) is 3.49. The summed E-state index contributed by atoms with van der Waals surface area (Å²) in [5.41, 5.74) is 2.51. The number of benzene rings is 1. The molecule has 13 heavy (non-hydrogen) atoms. The Morgan fingerprint density at radius 1 is 1.54 bits per heavy atom. The Hall–Kier alpha value is -0.0500. The van der Waals surface area contributed by atoms with Crippen molar-refractivity contribution in [2.45, 2.75) is 12.8 Å². The van der Waals surface area contributed by atoms with Crippen LogP contribution in [0.4, 0.5) is 0 Å². The minimum absolute atomic E-state index is 0.590. The highest BCUT2D eigenvalue weighted by molar-refractivity contribution is 9.10. The van der Waals surface area contributed by atoms with Gasteiger partial charge in [-0.1, -0.05) is 0 Å². The Morgan fingerprint density at radius 2 is 2.31 bits per heavy atom. The largest absolute Gasteiger partial charge is 0.143 e. The molecule has 0 aliphatic rings. The molecule has 3 heteroatoms. The molecular formula is C10H8BrClS. The predicted molar refractivity (Wildman–Crippen MR) is 63.8 cm³/mol. The quantitative estimate of drug-likeness (QED) is 0.661. The Morgan fingerprint density at radius 3 is 3.00 bits per heavy atom. The summed E-state index contributed by atoms with van der Waals surface area (Å²) in [5, 5.41) is 3.39.